The van der Waals surface area contributed by atoms with Crippen LogP contribution in [0.15, 0.2) is 18.2 Å². The van der Waals surface area contributed by atoms with Gasteiger partial charge in [-0.25, -0.2) is 4.39 Å². The first-order valence-electron chi connectivity index (χ1n) is 6.26. The van der Waals surface area contributed by atoms with Gasteiger partial charge in [-0.15, -0.1) is 0 Å². The van der Waals surface area contributed by atoms with Gasteiger partial charge in [0.05, 0.1) is 0 Å². The Morgan fingerprint density at radius 2 is 1.89 bits per heavy atom. The van der Waals surface area contributed by atoms with Crippen LogP contribution in [0.3, 0.4) is 0 Å². The monoisotopic (exact) mass is 253 g/mol. The second kappa shape index (κ2) is 6.83. The van der Waals surface area contributed by atoms with Crippen molar-refractivity contribution in [2.45, 2.75) is 13.0 Å². The minimum Gasteiger partial charge on any atom is -0.329 e. The highest BCUT2D eigenvalue weighted by molar-refractivity contribution is 5.29. The highest BCUT2D eigenvalue weighted by Gasteiger charge is 2.17. The Hall–Kier alpha value is -0.970. The molecule has 0 aromatic heterocycles. The highest BCUT2D eigenvalue weighted by atomic mass is 19.1. The molecule has 0 amide bonds. The zero-order valence-corrected chi connectivity index (χ0v) is 11.8. The molecule has 0 spiro atoms. The molecule has 3 nitrogen and oxygen atoms in total. The van der Waals surface area contributed by atoms with E-state index in [9.17, 15) is 4.39 Å². The fourth-order valence-corrected chi connectivity index (χ4v) is 2.07. The lowest BCUT2D eigenvalue weighted by Crippen LogP contribution is -2.35. The van der Waals surface area contributed by atoms with Crippen molar-refractivity contribution >= 4 is 0 Å². The first kappa shape index (κ1) is 15.1. The van der Waals surface area contributed by atoms with Crippen LogP contribution in [0.25, 0.3) is 0 Å². The molecule has 0 bridgehead atoms. The average Bonchev–Trinajstić information content (AvgIpc) is 2.30. The summed E-state index contributed by atoms with van der Waals surface area (Å²) in [6.07, 6.45) is 0. The maximum atomic E-state index is 13.1. The summed E-state index contributed by atoms with van der Waals surface area (Å²) in [5, 5.41) is 0. The van der Waals surface area contributed by atoms with Crippen molar-refractivity contribution in [3.8, 4) is 0 Å². The summed E-state index contributed by atoms with van der Waals surface area (Å²) in [6, 6.07) is 5.06. The van der Waals surface area contributed by atoms with Gasteiger partial charge >= 0.3 is 0 Å². The van der Waals surface area contributed by atoms with Crippen molar-refractivity contribution in [1.29, 1.82) is 0 Å². The summed E-state index contributed by atoms with van der Waals surface area (Å²) in [5.41, 5.74) is 7.94. The minimum absolute atomic E-state index is 0.144. The Morgan fingerprint density at radius 3 is 2.39 bits per heavy atom. The number of halogens is 1. The van der Waals surface area contributed by atoms with Crippen LogP contribution in [-0.2, 0) is 0 Å². The van der Waals surface area contributed by atoms with Crippen molar-refractivity contribution < 1.29 is 4.39 Å². The van der Waals surface area contributed by atoms with Crippen LogP contribution in [0.1, 0.15) is 17.2 Å². The fraction of sp³-hybridized carbons (Fsp3) is 0.571. The van der Waals surface area contributed by atoms with Gasteiger partial charge in [0.15, 0.2) is 0 Å². The third kappa shape index (κ3) is 4.05. The number of hydrogen-bond acceptors (Lipinski definition) is 3. The highest BCUT2D eigenvalue weighted by Crippen LogP contribution is 2.22. The van der Waals surface area contributed by atoms with Crippen LogP contribution in [0, 0.1) is 12.7 Å². The van der Waals surface area contributed by atoms with Gasteiger partial charge in [-0.3, -0.25) is 4.90 Å². The molecule has 1 aromatic carbocycles. The van der Waals surface area contributed by atoms with Crippen LogP contribution >= 0.6 is 0 Å². The van der Waals surface area contributed by atoms with E-state index < -0.39 is 0 Å². The van der Waals surface area contributed by atoms with Gasteiger partial charge in [0.1, 0.15) is 5.82 Å². The van der Waals surface area contributed by atoms with E-state index in [1.54, 1.807) is 6.07 Å². The molecule has 2 N–H and O–H groups in total. The van der Waals surface area contributed by atoms with Crippen LogP contribution < -0.4 is 5.73 Å². The van der Waals surface area contributed by atoms with Crippen LogP contribution in [0.4, 0.5) is 4.39 Å². The standard InChI is InChI=1S/C14H24FN3/c1-11-9-12(15)5-6-13(11)14(10-16)18(4)8-7-17(2)3/h5-6,9,14H,7-8,10,16H2,1-4H3. The number of nitrogens with two attached hydrogens (primary N) is 1. The summed E-state index contributed by atoms with van der Waals surface area (Å²) >= 11 is 0. The van der Waals surface area contributed by atoms with Crippen LogP contribution in [0.2, 0.25) is 0 Å². The lowest BCUT2D eigenvalue weighted by atomic mass is 10.00. The number of aryl methyl sites for hydroxylation is 1. The number of rotatable bonds is 6. The molecule has 1 atom stereocenters. The van der Waals surface area contributed by atoms with E-state index in [0.717, 1.165) is 24.2 Å². The van der Waals surface area contributed by atoms with E-state index in [1.807, 2.05) is 13.0 Å². The van der Waals surface area contributed by atoms with E-state index in [0.29, 0.717) is 6.54 Å². The van der Waals surface area contributed by atoms with Crippen LogP contribution in [0.5, 0.6) is 0 Å². The van der Waals surface area contributed by atoms with Crippen molar-refractivity contribution in [3.63, 3.8) is 0 Å². The SMILES string of the molecule is Cc1cc(F)ccc1C(CN)N(C)CCN(C)C. The quantitative estimate of drug-likeness (QED) is 0.836. The maximum Gasteiger partial charge on any atom is 0.123 e. The van der Waals surface area contributed by atoms with E-state index >= 15 is 0 Å². The molecular formula is C14H24FN3. The minimum atomic E-state index is -0.192. The molecule has 102 valence electrons. The zero-order valence-electron chi connectivity index (χ0n) is 11.8. The van der Waals surface area contributed by atoms with Crippen molar-refractivity contribution in [3.05, 3.63) is 35.1 Å². The summed E-state index contributed by atoms with van der Waals surface area (Å²) in [6.45, 7) is 4.39. The van der Waals surface area contributed by atoms with Gasteiger partial charge in [-0.1, -0.05) is 6.07 Å². The molecule has 0 saturated carbocycles. The summed E-state index contributed by atoms with van der Waals surface area (Å²) in [7, 11) is 6.16. The number of hydrogen-bond donors (Lipinski definition) is 1. The second-order valence-corrected chi connectivity index (χ2v) is 5.04. The summed E-state index contributed by atoms with van der Waals surface area (Å²) in [4.78, 5) is 4.36. The van der Waals surface area contributed by atoms with Gasteiger partial charge in [-0.05, 0) is 51.3 Å². The van der Waals surface area contributed by atoms with Crippen molar-refractivity contribution in [2.75, 3.05) is 40.8 Å². The summed E-state index contributed by atoms with van der Waals surface area (Å²) < 4.78 is 13.1. The molecule has 1 rings (SSSR count). The van der Waals surface area contributed by atoms with Gasteiger partial charge in [-0.2, -0.15) is 0 Å². The molecule has 0 aliphatic carbocycles. The zero-order chi connectivity index (χ0) is 13.7. The van der Waals surface area contributed by atoms with Gasteiger partial charge in [0, 0.05) is 25.7 Å². The number of nitrogens with zero attached hydrogens (tertiary/aromatic N) is 2. The first-order valence-corrected chi connectivity index (χ1v) is 6.26. The largest absolute Gasteiger partial charge is 0.329 e. The molecular weight excluding hydrogens is 229 g/mol. The molecule has 0 saturated heterocycles. The second-order valence-electron chi connectivity index (χ2n) is 5.04. The van der Waals surface area contributed by atoms with E-state index in [2.05, 4.69) is 30.9 Å². The molecule has 0 radical (unpaired) electrons. The van der Waals surface area contributed by atoms with E-state index in [1.165, 1.54) is 6.07 Å². The molecule has 18 heavy (non-hydrogen) atoms. The lowest BCUT2D eigenvalue weighted by Gasteiger charge is -2.29. The predicted octanol–water partition coefficient (Wildman–Crippen LogP) is 1.63. The Bertz CT molecular complexity index is 379. The van der Waals surface area contributed by atoms with Crippen LogP contribution in [-0.4, -0.2) is 50.6 Å². The van der Waals surface area contributed by atoms with Gasteiger partial charge < -0.3 is 10.6 Å². The van der Waals surface area contributed by atoms with Crippen molar-refractivity contribution in [1.82, 2.24) is 9.80 Å². The maximum absolute atomic E-state index is 13.1. The molecule has 0 aliphatic heterocycles. The third-order valence-electron chi connectivity index (χ3n) is 3.25. The Balaban J connectivity index is 2.81. The fourth-order valence-electron chi connectivity index (χ4n) is 2.07. The normalized spacial score (nSPS) is 13.3. The van der Waals surface area contributed by atoms with Gasteiger partial charge in [0.2, 0.25) is 0 Å². The molecule has 1 unspecified atom stereocenters. The molecule has 1 aromatic rings. The summed E-state index contributed by atoms with van der Waals surface area (Å²) in [5.74, 6) is -0.192. The van der Waals surface area contributed by atoms with E-state index in [4.69, 9.17) is 5.73 Å². The first-order chi connectivity index (χ1) is 8.45. The Morgan fingerprint density at radius 1 is 1.22 bits per heavy atom. The van der Waals surface area contributed by atoms with E-state index in [-0.39, 0.29) is 11.9 Å². The topological polar surface area (TPSA) is 32.5 Å². The average molecular weight is 253 g/mol. The third-order valence-corrected chi connectivity index (χ3v) is 3.25. The molecule has 4 heteroatoms. The van der Waals surface area contributed by atoms with Crippen molar-refractivity contribution in [2.24, 2.45) is 5.73 Å². The smallest absolute Gasteiger partial charge is 0.123 e. The number of benzene rings is 1. The molecule has 0 fully saturated rings. The molecule has 0 aliphatic rings. The molecule has 0 heterocycles. The van der Waals surface area contributed by atoms with Gasteiger partial charge in [0.25, 0.3) is 0 Å². The predicted molar refractivity (Wildman–Crippen MR) is 74.1 cm³/mol. The Labute approximate surface area is 109 Å². The Kier molecular flexibility index (Phi) is 5.72. The lowest BCUT2D eigenvalue weighted by molar-refractivity contribution is 0.222. The number of likely N-dealkylation sites (N-methyl/N-ethyl adjacent to an activating group) is 2.